The standard InChI is InChI=1S/C17H14ClN3O5S/c18-13-7-11(10-3-1-2-4-12(10)20-13)16(24)26-8-14(22)19-5-6-21-15(23)9-27-17(21)25/h1-4,7H,5-6,8-9H2,(H,19,22). The van der Waals surface area contributed by atoms with Gasteiger partial charge in [-0.1, -0.05) is 41.6 Å². The number of ether oxygens (including phenoxy) is 1. The number of hydrogen-bond donors (Lipinski definition) is 1. The molecule has 1 aromatic carbocycles. The monoisotopic (exact) mass is 407 g/mol. The first kappa shape index (κ1) is 19.1. The summed E-state index contributed by atoms with van der Waals surface area (Å²) >= 11 is 6.85. The van der Waals surface area contributed by atoms with Crippen LogP contribution in [0.25, 0.3) is 10.9 Å². The number of para-hydroxylation sites is 1. The zero-order valence-corrected chi connectivity index (χ0v) is 15.5. The molecule has 2 heterocycles. The molecule has 1 aliphatic rings. The van der Waals surface area contributed by atoms with E-state index < -0.39 is 18.5 Å². The fourth-order valence-corrected chi connectivity index (χ4v) is 3.43. The fraction of sp³-hybridized carbons (Fsp3) is 0.235. The van der Waals surface area contributed by atoms with Crippen molar-refractivity contribution in [3.05, 3.63) is 41.0 Å². The Hall–Kier alpha value is -2.65. The summed E-state index contributed by atoms with van der Waals surface area (Å²) in [6.45, 7) is -0.336. The smallest absolute Gasteiger partial charge is 0.339 e. The highest BCUT2D eigenvalue weighted by Gasteiger charge is 2.29. The van der Waals surface area contributed by atoms with Crippen LogP contribution < -0.4 is 5.32 Å². The largest absolute Gasteiger partial charge is 0.452 e. The molecule has 2 aromatic rings. The number of imide groups is 1. The third-order valence-electron chi connectivity index (χ3n) is 3.74. The first-order valence-corrected chi connectivity index (χ1v) is 9.28. The molecule has 1 N–H and O–H groups in total. The Balaban J connectivity index is 1.53. The molecule has 1 fully saturated rings. The normalized spacial score (nSPS) is 13.9. The Morgan fingerprint density at radius 1 is 1.30 bits per heavy atom. The van der Waals surface area contributed by atoms with E-state index in [4.69, 9.17) is 16.3 Å². The lowest BCUT2D eigenvalue weighted by molar-refractivity contribution is -0.126. The van der Waals surface area contributed by atoms with E-state index in [1.54, 1.807) is 24.3 Å². The van der Waals surface area contributed by atoms with Crippen molar-refractivity contribution in [2.45, 2.75) is 0 Å². The second-order valence-corrected chi connectivity index (χ2v) is 6.85. The van der Waals surface area contributed by atoms with Gasteiger partial charge in [-0.2, -0.15) is 0 Å². The molecule has 0 aliphatic carbocycles. The SMILES string of the molecule is O=C(COC(=O)c1cc(Cl)nc2ccccc12)NCCN1C(=O)CSC1=O. The number of benzene rings is 1. The third-order valence-corrected chi connectivity index (χ3v) is 4.79. The van der Waals surface area contributed by atoms with Gasteiger partial charge in [0, 0.05) is 18.5 Å². The molecular weight excluding hydrogens is 394 g/mol. The zero-order chi connectivity index (χ0) is 19.4. The molecule has 27 heavy (non-hydrogen) atoms. The first-order valence-electron chi connectivity index (χ1n) is 7.92. The highest BCUT2D eigenvalue weighted by atomic mass is 35.5. The molecule has 0 bridgehead atoms. The maximum atomic E-state index is 12.3. The summed E-state index contributed by atoms with van der Waals surface area (Å²) in [5.41, 5.74) is 0.753. The van der Waals surface area contributed by atoms with Crippen molar-refractivity contribution in [3.8, 4) is 0 Å². The number of hydrogen-bond acceptors (Lipinski definition) is 7. The number of esters is 1. The lowest BCUT2D eigenvalue weighted by Gasteiger charge is -2.13. The number of halogens is 1. The van der Waals surface area contributed by atoms with Crippen LogP contribution in [0.4, 0.5) is 4.79 Å². The molecule has 1 aliphatic heterocycles. The maximum Gasteiger partial charge on any atom is 0.339 e. The van der Waals surface area contributed by atoms with Gasteiger partial charge in [-0.25, -0.2) is 9.78 Å². The molecule has 0 atom stereocenters. The van der Waals surface area contributed by atoms with E-state index in [-0.39, 0.29) is 40.7 Å². The number of carbonyl (C=O) groups excluding carboxylic acids is 4. The van der Waals surface area contributed by atoms with Gasteiger partial charge >= 0.3 is 5.97 Å². The van der Waals surface area contributed by atoms with Gasteiger partial charge in [-0.3, -0.25) is 19.3 Å². The maximum absolute atomic E-state index is 12.3. The molecule has 0 unspecified atom stereocenters. The van der Waals surface area contributed by atoms with Crippen molar-refractivity contribution in [1.29, 1.82) is 0 Å². The number of nitrogens with one attached hydrogen (secondary N) is 1. The van der Waals surface area contributed by atoms with Gasteiger partial charge in [0.15, 0.2) is 6.61 Å². The van der Waals surface area contributed by atoms with E-state index in [1.165, 1.54) is 6.07 Å². The van der Waals surface area contributed by atoms with E-state index in [0.717, 1.165) is 16.7 Å². The number of aromatic nitrogens is 1. The lowest BCUT2D eigenvalue weighted by Crippen LogP contribution is -2.38. The van der Waals surface area contributed by atoms with Gasteiger partial charge < -0.3 is 10.1 Å². The van der Waals surface area contributed by atoms with Gasteiger partial charge in [-0.15, -0.1) is 0 Å². The minimum Gasteiger partial charge on any atom is -0.452 e. The van der Waals surface area contributed by atoms with E-state index in [2.05, 4.69) is 10.3 Å². The Bertz CT molecular complexity index is 920. The average Bonchev–Trinajstić information content (AvgIpc) is 2.97. The van der Waals surface area contributed by atoms with Crippen molar-refractivity contribution < 1.29 is 23.9 Å². The van der Waals surface area contributed by atoms with Crippen LogP contribution in [0.1, 0.15) is 10.4 Å². The number of rotatable bonds is 6. The number of amides is 3. The Labute approximate surface area is 163 Å². The Morgan fingerprint density at radius 2 is 2.07 bits per heavy atom. The molecule has 0 spiro atoms. The minimum absolute atomic E-state index is 0.0783. The molecule has 8 nitrogen and oxygen atoms in total. The molecule has 1 aromatic heterocycles. The van der Waals surface area contributed by atoms with E-state index in [9.17, 15) is 19.2 Å². The predicted octanol–water partition coefficient (Wildman–Crippen LogP) is 1.86. The highest BCUT2D eigenvalue weighted by molar-refractivity contribution is 8.14. The molecular formula is C17H14ClN3O5S. The Kier molecular flexibility index (Phi) is 5.92. The second-order valence-electron chi connectivity index (χ2n) is 5.54. The molecule has 3 rings (SSSR count). The van der Waals surface area contributed by atoms with Gasteiger partial charge in [0.05, 0.1) is 16.8 Å². The fourth-order valence-electron chi connectivity index (χ4n) is 2.48. The molecule has 10 heteroatoms. The van der Waals surface area contributed by atoms with Crippen molar-refractivity contribution >= 4 is 57.3 Å². The summed E-state index contributed by atoms with van der Waals surface area (Å²) in [5, 5.41) is 2.87. The summed E-state index contributed by atoms with van der Waals surface area (Å²) in [7, 11) is 0. The summed E-state index contributed by atoms with van der Waals surface area (Å²) in [6, 6.07) is 8.32. The van der Waals surface area contributed by atoms with Crippen molar-refractivity contribution in [2.24, 2.45) is 0 Å². The minimum atomic E-state index is -0.702. The van der Waals surface area contributed by atoms with Gasteiger partial charge in [0.1, 0.15) is 5.15 Å². The van der Waals surface area contributed by atoms with Crippen LogP contribution in [0.5, 0.6) is 0 Å². The summed E-state index contributed by atoms with van der Waals surface area (Å²) < 4.78 is 5.03. The molecule has 0 saturated carbocycles. The van der Waals surface area contributed by atoms with Gasteiger partial charge in [0.25, 0.3) is 11.1 Å². The number of carbonyl (C=O) groups is 4. The first-order chi connectivity index (χ1) is 13.0. The van der Waals surface area contributed by atoms with Crippen molar-refractivity contribution in [2.75, 3.05) is 25.4 Å². The average molecular weight is 408 g/mol. The number of pyridine rings is 1. The third kappa shape index (κ3) is 4.55. The molecule has 3 amide bonds. The van der Waals surface area contributed by atoms with E-state index in [0.29, 0.717) is 10.9 Å². The predicted molar refractivity (Wildman–Crippen MR) is 99.6 cm³/mol. The van der Waals surface area contributed by atoms with Crippen LogP contribution in [0.2, 0.25) is 5.15 Å². The van der Waals surface area contributed by atoms with Crippen molar-refractivity contribution in [1.82, 2.24) is 15.2 Å². The molecule has 0 radical (unpaired) electrons. The number of thioether (sulfide) groups is 1. The topological polar surface area (TPSA) is 106 Å². The van der Waals surface area contributed by atoms with Gasteiger partial charge in [-0.05, 0) is 12.1 Å². The van der Waals surface area contributed by atoms with E-state index in [1.807, 2.05) is 0 Å². The van der Waals surface area contributed by atoms with E-state index >= 15 is 0 Å². The van der Waals surface area contributed by atoms with Crippen LogP contribution in [0.15, 0.2) is 30.3 Å². The molecule has 1 saturated heterocycles. The summed E-state index contributed by atoms with van der Waals surface area (Å²) in [4.78, 5) is 52.2. The van der Waals surface area contributed by atoms with Crippen LogP contribution in [-0.2, 0) is 14.3 Å². The van der Waals surface area contributed by atoms with Crippen LogP contribution in [-0.4, -0.2) is 58.4 Å². The zero-order valence-electron chi connectivity index (χ0n) is 13.9. The van der Waals surface area contributed by atoms with Crippen LogP contribution >= 0.6 is 23.4 Å². The Morgan fingerprint density at radius 3 is 2.81 bits per heavy atom. The summed E-state index contributed by atoms with van der Waals surface area (Å²) in [5.74, 6) is -1.41. The van der Waals surface area contributed by atoms with Crippen molar-refractivity contribution in [3.63, 3.8) is 0 Å². The number of nitrogens with zero attached hydrogens (tertiary/aromatic N) is 2. The van der Waals surface area contributed by atoms with Crippen LogP contribution in [0.3, 0.4) is 0 Å². The quantitative estimate of drug-likeness (QED) is 0.575. The summed E-state index contributed by atoms with van der Waals surface area (Å²) in [6.07, 6.45) is 0. The highest BCUT2D eigenvalue weighted by Crippen LogP contribution is 2.21. The molecule has 140 valence electrons. The number of fused-ring (bicyclic) bond motifs is 1. The second kappa shape index (κ2) is 8.36. The van der Waals surface area contributed by atoms with Crippen LogP contribution in [0, 0.1) is 0 Å². The lowest BCUT2D eigenvalue weighted by atomic mass is 10.1. The van der Waals surface area contributed by atoms with Gasteiger partial charge in [0.2, 0.25) is 5.91 Å².